The van der Waals surface area contributed by atoms with E-state index in [1.807, 2.05) is 0 Å². The molecule has 1 aliphatic heterocycles. The largest absolute Gasteiger partial charge is 0.370 e. The number of nitrogens with one attached hydrogen (secondary N) is 1. The smallest absolute Gasteiger partial charge is 0.238 e. The Morgan fingerprint density at radius 3 is 2.32 bits per heavy atom. The highest BCUT2D eigenvalue weighted by Crippen LogP contribution is 2.17. The van der Waals surface area contributed by atoms with Crippen molar-refractivity contribution >= 4 is 27.3 Å². The first-order chi connectivity index (χ1) is 13.3. The van der Waals surface area contributed by atoms with Gasteiger partial charge in [0, 0.05) is 37.6 Å². The summed E-state index contributed by atoms with van der Waals surface area (Å²) >= 11 is 0. The minimum Gasteiger partial charge on any atom is -0.370 e. The lowest BCUT2D eigenvalue weighted by molar-refractivity contribution is -0.117. The number of halogens is 1. The normalized spacial score (nSPS) is 15.9. The zero-order valence-electron chi connectivity index (χ0n) is 15.3. The molecule has 1 heterocycles. The summed E-state index contributed by atoms with van der Waals surface area (Å²) in [4.78, 5) is 16.6. The summed E-state index contributed by atoms with van der Waals surface area (Å²) in [6.07, 6.45) is 0.897. The van der Waals surface area contributed by atoms with Gasteiger partial charge in [-0.2, -0.15) is 0 Å². The van der Waals surface area contributed by atoms with E-state index in [2.05, 4.69) is 15.1 Å². The van der Waals surface area contributed by atoms with Crippen LogP contribution in [0.2, 0.25) is 0 Å². The molecule has 0 aromatic heterocycles. The third kappa shape index (κ3) is 5.51. The van der Waals surface area contributed by atoms with Crippen LogP contribution in [0.4, 0.5) is 15.8 Å². The number of hydrogen-bond acceptors (Lipinski definition) is 5. The fourth-order valence-electron chi connectivity index (χ4n) is 3.17. The molecule has 0 unspecified atom stereocenters. The minimum absolute atomic E-state index is 0.00102. The van der Waals surface area contributed by atoms with Gasteiger partial charge in [0.25, 0.3) is 0 Å². The van der Waals surface area contributed by atoms with Gasteiger partial charge in [0.1, 0.15) is 5.82 Å². The summed E-state index contributed by atoms with van der Waals surface area (Å²) < 4.78 is 35.6. The first-order valence-electron chi connectivity index (χ1n) is 8.97. The molecule has 7 nitrogen and oxygen atoms in total. The standard InChI is InChI=1S/C19H23FN4O3S/c20-15-2-6-17(7-3-15)24-11-1-10-23(12-13-24)14-19(25)22-16-4-8-18(9-5-16)28(21,26)27/h2-9H,1,10-14H2,(H,22,25)(H2,21,26,27). The van der Waals surface area contributed by atoms with Crippen molar-refractivity contribution in [3.63, 3.8) is 0 Å². The Morgan fingerprint density at radius 1 is 1.00 bits per heavy atom. The quantitative estimate of drug-likeness (QED) is 0.787. The number of benzene rings is 2. The molecule has 28 heavy (non-hydrogen) atoms. The van der Waals surface area contributed by atoms with Crippen molar-refractivity contribution in [1.29, 1.82) is 0 Å². The highest BCUT2D eigenvalue weighted by molar-refractivity contribution is 7.89. The molecule has 150 valence electrons. The number of carbonyl (C=O) groups excluding carboxylic acids is 1. The van der Waals surface area contributed by atoms with E-state index in [4.69, 9.17) is 5.14 Å². The summed E-state index contributed by atoms with van der Waals surface area (Å²) in [7, 11) is -3.75. The number of amides is 1. The Hall–Kier alpha value is -2.49. The van der Waals surface area contributed by atoms with Crippen molar-refractivity contribution in [2.45, 2.75) is 11.3 Å². The predicted molar refractivity (Wildman–Crippen MR) is 106 cm³/mol. The summed E-state index contributed by atoms with van der Waals surface area (Å²) in [6, 6.07) is 12.2. The van der Waals surface area contributed by atoms with Gasteiger partial charge in [0.05, 0.1) is 11.4 Å². The molecule has 0 spiro atoms. The molecule has 0 aliphatic carbocycles. The second-order valence-electron chi connectivity index (χ2n) is 6.71. The maximum atomic E-state index is 13.1. The molecule has 0 bridgehead atoms. The van der Waals surface area contributed by atoms with E-state index in [9.17, 15) is 17.6 Å². The fourth-order valence-corrected chi connectivity index (χ4v) is 3.69. The Labute approximate surface area is 164 Å². The van der Waals surface area contributed by atoms with Crippen LogP contribution in [-0.4, -0.2) is 51.9 Å². The molecule has 3 rings (SSSR count). The Morgan fingerprint density at radius 2 is 1.68 bits per heavy atom. The van der Waals surface area contributed by atoms with Gasteiger partial charge in [-0.1, -0.05) is 0 Å². The molecule has 1 aliphatic rings. The fraction of sp³-hybridized carbons (Fsp3) is 0.316. The molecule has 1 amide bonds. The molecule has 3 N–H and O–H groups in total. The zero-order valence-corrected chi connectivity index (χ0v) is 16.2. The summed E-state index contributed by atoms with van der Waals surface area (Å²) in [6.45, 7) is 3.35. The van der Waals surface area contributed by atoms with E-state index in [0.717, 1.165) is 38.3 Å². The number of carbonyl (C=O) groups is 1. The van der Waals surface area contributed by atoms with Crippen LogP contribution in [0, 0.1) is 5.82 Å². The second-order valence-corrected chi connectivity index (χ2v) is 8.27. The highest BCUT2D eigenvalue weighted by Gasteiger charge is 2.17. The third-order valence-corrected chi connectivity index (χ3v) is 5.54. The van der Waals surface area contributed by atoms with Crippen molar-refractivity contribution in [3.8, 4) is 0 Å². The van der Waals surface area contributed by atoms with Crippen molar-refractivity contribution in [1.82, 2.24) is 4.90 Å². The molecular weight excluding hydrogens is 383 g/mol. The highest BCUT2D eigenvalue weighted by atomic mass is 32.2. The minimum atomic E-state index is -3.75. The maximum absolute atomic E-state index is 13.1. The average molecular weight is 406 g/mol. The number of nitrogens with zero attached hydrogens (tertiary/aromatic N) is 2. The van der Waals surface area contributed by atoms with Gasteiger partial charge < -0.3 is 10.2 Å². The molecular formula is C19H23FN4O3S. The molecule has 0 saturated carbocycles. The van der Waals surface area contributed by atoms with Gasteiger partial charge in [-0.05, 0) is 55.0 Å². The Kier molecular flexibility index (Phi) is 6.28. The van der Waals surface area contributed by atoms with Crippen LogP contribution >= 0.6 is 0 Å². The lowest BCUT2D eigenvalue weighted by atomic mass is 10.2. The number of rotatable bonds is 5. The summed E-state index contributed by atoms with van der Waals surface area (Å²) in [5.41, 5.74) is 1.49. The van der Waals surface area contributed by atoms with Gasteiger partial charge in [-0.25, -0.2) is 17.9 Å². The monoisotopic (exact) mass is 406 g/mol. The molecule has 0 atom stereocenters. The Bertz CT molecular complexity index is 917. The average Bonchev–Trinajstić information content (AvgIpc) is 2.87. The number of primary sulfonamides is 1. The first-order valence-corrected chi connectivity index (χ1v) is 10.5. The summed E-state index contributed by atoms with van der Waals surface area (Å²) in [5.74, 6) is -0.424. The SMILES string of the molecule is NS(=O)(=O)c1ccc(NC(=O)CN2CCCN(c3ccc(F)cc3)CC2)cc1. The van der Waals surface area contributed by atoms with E-state index in [0.29, 0.717) is 5.69 Å². The van der Waals surface area contributed by atoms with Gasteiger partial charge in [-0.15, -0.1) is 0 Å². The van der Waals surface area contributed by atoms with E-state index in [1.54, 1.807) is 12.1 Å². The summed E-state index contributed by atoms with van der Waals surface area (Å²) in [5, 5.41) is 7.83. The van der Waals surface area contributed by atoms with Crippen molar-refractivity contribution < 1.29 is 17.6 Å². The van der Waals surface area contributed by atoms with E-state index < -0.39 is 10.0 Å². The van der Waals surface area contributed by atoms with E-state index in [-0.39, 0.29) is 23.2 Å². The molecule has 9 heteroatoms. The second kappa shape index (κ2) is 8.68. The van der Waals surface area contributed by atoms with Crippen LogP contribution in [0.5, 0.6) is 0 Å². The lowest BCUT2D eigenvalue weighted by Crippen LogP contribution is -2.36. The molecule has 0 radical (unpaired) electrons. The van der Waals surface area contributed by atoms with Gasteiger partial charge in [0.15, 0.2) is 0 Å². The molecule has 1 saturated heterocycles. The van der Waals surface area contributed by atoms with E-state index >= 15 is 0 Å². The lowest BCUT2D eigenvalue weighted by Gasteiger charge is -2.23. The zero-order chi connectivity index (χ0) is 20.1. The van der Waals surface area contributed by atoms with Crippen molar-refractivity contribution in [3.05, 3.63) is 54.3 Å². The van der Waals surface area contributed by atoms with Crippen LogP contribution < -0.4 is 15.4 Å². The predicted octanol–water partition coefficient (Wildman–Crippen LogP) is 1.62. The maximum Gasteiger partial charge on any atom is 0.238 e. The molecule has 2 aromatic carbocycles. The van der Waals surface area contributed by atoms with Crippen LogP contribution in [-0.2, 0) is 14.8 Å². The first kappa shape index (κ1) is 20.2. The molecule has 2 aromatic rings. The third-order valence-electron chi connectivity index (χ3n) is 4.61. The number of anilines is 2. The Balaban J connectivity index is 1.52. The van der Waals surface area contributed by atoms with Crippen LogP contribution in [0.1, 0.15) is 6.42 Å². The van der Waals surface area contributed by atoms with E-state index in [1.165, 1.54) is 36.4 Å². The topological polar surface area (TPSA) is 95.7 Å². The van der Waals surface area contributed by atoms with Gasteiger partial charge in [0.2, 0.25) is 15.9 Å². The number of nitrogens with two attached hydrogens (primary N) is 1. The van der Waals surface area contributed by atoms with Gasteiger partial charge in [-0.3, -0.25) is 9.69 Å². The van der Waals surface area contributed by atoms with Crippen molar-refractivity contribution in [2.75, 3.05) is 42.9 Å². The molecule has 1 fully saturated rings. The van der Waals surface area contributed by atoms with Crippen LogP contribution in [0.3, 0.4) is 0 Å². The van der Waals surface area contributed by atoms with Crippen LogP contribution in [0.25, 0.3) is 0 Å². The van der Waals surface area contributed by atoms with Crippen molar-refractivity contribution in [2.24, 2.45) is 5.14 Å². The number of hydrogen-bond donors (Lipinski definition) is 2. The number of sulfonamides is 1. The van der Waals surface area contributed by atoms with Gasteiger partial charge >= 0.3 is 0 Å². The van der Waals surface area contributed by atoms with Crippen LogP contribution in [0.15, 0.2) is 53.4 Å².